The molecule has 0 radical (unpaired) electrons. The van der Waals surface area contributed by atoms with E-state index in [1.165, 1.54) is 21.9 Å². The minimum absolute atomic E-state index is 0.282. The van der Waals surface area contributed by atoms with Gasteiger partial charge in [0.2, 0.25) is 5.91 Å². The zero-order chi connectivity index (χ0) is 29.4. The average Bonchev–Trinajstić information content (AvgIpc) is 3.55. The molecule has 1 aliphatic heterocycles. The molecule has 216 valence electrons. The zero-order valence-corrected chi connectivity index (χ0v) is 23.5. The highest BCUT2D eigenvalue weighted by atomic mass is 19.4. The van der Waals surface area contributed by atoms with Gasteiger partial charge in [-0.15, -0.1) is 0 Å². The third-order valence-electron chi connectivity index (χ3n) is 6.49. The standard InChI is InChI=1S/C27H30F3N5O3.C2H6/c1-5-6-7-22-18(2)32-17-35(22)23(15-27(28,29)30)26(36)34-12-10-33(11-13-34)20-8-9-21(24(14-20)37-4)25-16-31-19(3)38-25;1-2/h5-9,14,16-17,23H,1,10-13,15H2,2-4H3;1-2H3/b7-6-;. The van der Waals surface area contributed by atoms with E-state index in [1.54, 1.807) is 39.3 Å². The summed E-state index contributed by atoms with van der Waals surface area (Å²) in [6.07, 6.45) is 1.86. The number of benzene rings is 1. The number of ether oxygens (including phenoxy) is 1. The lowest BCUT2D eigenvalue weighted by molar-refractivity contribution is -0.158. The van der Waals surface area contributed by atoms with Crippen LogP contribution >= 0.6 is 0 Å². The predicted octanol–water partition coefficient (Wildman–Crippen LogP) is 6.23. The molecule has 1 atom stereocenters. The first-order chi connectivity index (χ1) is 19.1. The first-order valence-electron chi connectivity index (χ1n) is 13.1. The molecular formula is C29H36F3N5O3. The minimum Gasteiger partial charge on any atom is -0.496 e. The van der Waals surface area contributed by atoms with Crippen molar-refractivity contribution in [1.29, 1.82) is 0 Å². The summed E-state index contributed by atoms with van der Waals surface area (Å²) in [4.78, 5) is 25.3. The second-order valence-corrected chi connectivity index (χ2v) is 8.99. The van der Waals surface area contributed by atoms with E-state index in [1.807, 2.05) is 32.0 Å². The van der Waals surface area contributed by atoms with Crippen molar-refractivity contribution in [2.75, 3.05) is 38.2 Å². The fraction of sp³-hybridized carbons (Fsp3) is 0.414. The number of allylic oxidation sites excluding steroid dienone is 2. The van der Waals surface area contributed by atoms with Crippen LogP contribution in [-0.4, -0.2) is 64.8 Å². The summed E-state index contributed by atoms with van der Waals surface area (Å²) in [5, 5.41) is 0. The number of imidazole rings is 1. The molecule has 1 unspecified atom stereocenters. The highest BCUT2D eigenvalue weighted by molar-refractivity contribution is 5.81. The molecule has 0 aliphatic carbocycles. The van der Waals surface area contributed by atoms with Crippen molar-refractivity contribution < 1.29 is 27.1 Å². The molecular weight excluding hydrogens is 523 g/mol. The van der Waals surface area contributed by atoms with Gasteiger partial charge in [-0.05, 0) is 25.1 Å². The molecule has 3 aromatic rings. The van der Waals surface area contributed by atoms with Crippen molar-refractivity contribution in [1.82, 2.24) is 19.4 Å². The van der Waals surface area contributed by atoms with Crippen LogP contribution in [0.4, 0.5) is 18.9 Å². The van der Waals surface area contributed by atoms with Gasteiger partial charge >= 0.3 is 6.18 Å². The number of hydrogen-bond acceptors (Lipinski definition) is 6. The number of halogens is 3. The van der Waals surface area contributed by atoms with Crippen molar-refractivity contribution in [2.24, 2.45) is 0 Å². The molecule has 1 saturated heterocycles. The van der Waals surface area contributed by atoms with E-state index in [0.717, 1.165) is 11.3 Å². The van der Waals surface area contributed by atoms with E-state index >= 15 is 0 Å². The Balaban J connectivity index is 0.00000216. The number of methoxy groups -OCH3 is 1. The van der Waals surface area contributed by atoms with Gasteiger partial charge in [0.05, 0.1) is 43.0 Å². The first-order valence-corrected chi connectivity index (χ1v) is 13.1. The van der Waals surface area contributed by atoms with E-state index in [2.05, 4.69) is 21.4 Å². The molecule has 4 rings (SSSR count). The number of aromatic nitrogens is 3. The monoisotopic (exact) mass is 559 g/mol. The van der Waals surface area contributed by atoms with Crippen LogP contribution in [0.15, 0.2) is 53.9 Å². The Kier molecular flexibility index (Phi) is 10.2. The van der Waals surface area contributed by atoms with Gasteiger partial charge in [0.25, 0.3) is 0 Å². The molecule has 0 spiro atoms. The molecule has 1 fully saturated rings. The van der Waals surface area contributed by atoms with Crippen LogP contribution in [0.5, 0.6) is 5.75 Å². The molecule has 8 nitrogen and oxygen atoms in total. The van der Waals surface area contributed by atoms with Gasteiger partial charge in [0.15, 0.2) is 11.7 Å². The Morgan fingerprint density at radius 3 is 2.45 bits per heavy atom. The lowest BCUT2D eigenvalue weighted by Gasteiger charge is -2.38. The Morgan fingerprint density at radius 2 is 1.88 bits per heavy atom. The normalized spacial score (nSPS) is 14.6. The van der Waals surface area contributed by atoms with Crippen LogP contribution in [0.2, 0.25) is 0 Å². The largest absolute Gasteiger partial charge is 0.496 e. The van der Waals surface area contributed by atoms with E-state index in [9.17, 15) is 18.0 Å². The topological polar surface area (TPSA) is 76.6 Å². The van der Waals surface area contributed by atoms with Gasteiger partial charge in [0.1, 0.15) is 11.8 Å². The van der Waals surface area contributed by atoms with Crippen molar-refractivity contribution in [3.05, 3.63) is 66.7 Å². The molecule has 40 heavy (non-hydrogen) atoms. The summed E-state index contributed by atoms with van der Waals surface area (Å²) in [5.74, 6) is 1.17. The first kappa shape index (κ1) is 30.5. The van der Waals surface area contributed by atoms with Crippen LogP contribution < -0.4 is 9.64 Å². The molecule has 11 heteroatoms. The maximum Gasteiger partial charge on any atom is 0.391 e. The number of amides is 1. The van der Waals surface area contributed by atoms with Crippen molar-refractivity contribution in [2.45, 2.75) is 46.3 Å². The summed E-state index contributed by atoms with van der Waals surface area (Å²) in [6, 6.07) is 4.23. The number of oxazole rings is 1. The third-order valence-corrected chi connectivity index (χ3v) is 6.49. The summed E-state index contributed by atoms with van der Waals surface area (Å²) >= 11 is 0. The summed E-state index contributed by atoms with van der Waals surface area (Å²) < 4.78 is 53.1. The maximum atomic E-state index is 13.6. The van der Waals surface area contributed by atoms with Crippen LogP contribution in [0.3, 0.4) is 0 Å². The quantitative estimate of drug-likeness (QED) is 0.305. The summed E-state index contributed by atoms with van der Waals surface area (Å²) in [6.45, 7) is 12.5. The van der Waals surface area contributed by atoms with E-state index in [4.69, 9.17) is 9.15 Å². The van der Waals surface area contributed by atoms with Gasteiger partial charge in [-0.1, -0.05) is 32.6 Å². The Labute approximate surface area is 232 Å². The van der Waals surface area contributed by atoms with Gasteiger partial charge in [0, 0.05) is 44.9 Å². The van der Waals surface area contributed by atoms with Gasteiger partial charge in [-0.25, -0.2) is 9.97 Å². The van der Waals surface area contributed by atoms with Crippen LogP contribution in [0.25, 0.3) is 17.4 Å². The van der Waals surface area contributed by atoms with Gasteiger partial charge < -0.3 is 23.5 Å². The number of hydrogen-bond donors (Lipinski definition) is 0. The molecule has 1 aromatic carbocycles. The smallest absolute Gasteiger partial charge is 0.391 e. The number of carbonyl (C=O) groups is 1. The summed E-state index contributed by atoms with van der Waals surface area (Å²) in [5.41, 5.74) is 2.62. The third kappa shape index (κ3) is 7.13. The Bertz CT molecular complexity index is 1320. The highest BCUT2D eigenvalue weighted by Crippen LogP contribution is 2.35. The second kappa shape index (κ2) is 13.4. The number of rotatable bonds is 8. The van der Waals surface area contributed by atoms with Crippen LogP contribution in [-0.2, 0) is 4.79 Å². The van der Waals surface area contributed by atoms with E-state index in [-0.39, 0.29) is 13.1 Å². The maximum absolute atomic E-state index is 13.6. The number of alkyl halides is 3. The molecule has 1 amide bonds. The fourth-order valence-electron chi connectivity index (χ4n) is 4.56. The minimum atomic E-state index is -4.53. The number of nitrogens with zero attached hydrogens (tertiary/aromatic N) is 5. The molecule has 2 aromatic heterocycles. The molecule has 1 aliphatic rings. The lowest BCUT2D eigenvalue weighted by atomic mass is 10.1. The fourth-order valence-corrected chi connectivity index (χ4v) is 4.56. The average molecular weight is 560 g/mol. The Hall–Kier alpha value is -4.02. The zero-order valence-electron chi connectivity index (χ0n) is 23.5. The van der Waals surface area contributed by atoms with Gasteiger partial charge in [-0.3, -0.25) is 4.79 Å². The van der Waals surface area contributed by atoms with Crippen molar-refractivity contribution in [3.8, 4) is 17.1 Å². The number of aryl methyl sites for hydroxylation is 2. The predicted molar refractivity (Wildman–Crippen MR) is 149 cm³/mol. The molecule has 0 N–H and O–H groups in total. The number of carbonyl (C=O) groups excluding carboxylic acids is 1. The lowest BCUT2D eigenvalue weighted by Crippen LogP contribution is -2.51. The van der Waals surface area contributed by atoms with Crippen molar-refractivity contribution >= 4 is 17.7 Å². The van der Waals surface area contributed by atoms with E-state index in [0.29, 0.717) is 41.9 Å². The van der Waals surface area contributed by atoms with E-state index < -0.39 is 24.5 Å². The highest BCUT2D eigenvalue weighted by Gasteiger charge is 2.39. The molecule has 0 saturated carbocycles. The Morgan fingerprint density at radius 1 is 1.18 bits per heavy atom. The number of anilines is 1. The number of piperazine rings is 1. The van der Waals surface area contributed by atoms with Gasteiger partial charge in [-0.2, -0.15) is 13.2 Å². The molecule has 3 heterocycles. The van der Waals surface area contributed by atoms with Crippen LogP contribution in [0, 0.1) is 13.8 Å². The van der Waals surface area contributed by atoms with Crippen LogP contribution in [0.1, 0.15) is 43.6 Å². The summed E-state index contributed by atoms with van der Waals surface area (Å²) in [7, 11) is 1.57. The molecule has 0 bridgehead atoms. The SMILES string of the molecule is C=C/C=C\c1c(C)ncn1C(CC(F)(F)F)C(=O)N1CCN(c2ccc(-c3cnc(C)o3)c(OC)c2)CC1.CC. The van der Waals surface area contributed by atoms with Crippen molar-refractivity contribution in [3.63, 3.8) is 0 Å². The second-order valence-electron chi connectivity index (χ2n) is 8.99.